The molecule has 0 fully saturated rings. The monoisotopic (exact) mass is 363 g/mol. The van der Waals surface area contributed by atoms with Crippen molar-refractivity contribution in [3.8, 4) is 0 Å². The average molecular weight is 364 g/mol. The van der Waals surface area contributed by atoms with E-state index in [9.17, 15) is 13.2 Å². The van der Waals surface area contributed by atoms with Crippen LogP contribution >= 0.6 is 27.3 Å². The van der Waals surface area contributed by atoms with Crippen molar-refractivity contribution in [2.24, 2.45) is 0 Å². The molecule has 2 rings (SSSR count). The highest BCUT2D eigenvalue weighted by Crippen LogP contribution is 2.37. The summed E-state index contributed by atoms with van der Waals surface area (Å²) in [5, 5.41) is 2.88. The van der Waals surface area contributed by atoms with Gasteiger partial charge in [0, 0.05) is 26.5 Å². The number of hydrogen-bond donors (Lipinski definition) is 1. The van der Waals surface area contributed by atoms with Gasteiger partial charge in [0.05, 0.1) is 5.56 Å². The van der Waals surface area contributed by atoms with Gasteiger partial charge in [-0.15, -0.1) is 11.3 Å². The highest BCUT2D eigenvalue weighted by Gasteiger charge is 2.33. The number of hydrogen-bond acceptors (Lipinski definition) is 2. The summed E-state index contributed by atoms with van der Waals surface area (Å²) in [5.41, 5.74) is 0.476. The minimum atomic E-state index is -4.37. The Morgan fingerprint density at radius 2 is 1.90 bits per heavy atom. The van der Waals surface area contributed by atoms with Gasteiger partial charge in [0.25, 0.3) is 0 Å². The smallest absolute Gasteiger partial charge is 0.380 e. The van der Waals surface area contributed by atoms with Crippen molar-refractivity contribution in [3.05, 3.63) is 49.6 Å². The molecule has 1 nitrogen and oxygen atoms in total. The first-order valence-electron chi connectivity index (χ1n) is 5.94. The van der Waals surface area contributed by atoms with E-state index in [1.165, 1.54) is 6.07 Å². The average Bonchev–Trinajstić information content (AvgIpc) is 2.65. The van der Waals surface area contributed by atoms with E-state index in [1.807, 2.05) is 19.9 Å². The largest absolute Gasteiger partial charge is 0.418 e. The van der Waals surface area contributed by atoms with E-state index in [1.54, 1.807) is 17.4 Å². The third-order valence-corrected chi connectivity index (χ3v) is 4.40. The summed E-state index contributed by atoms with van der Waals surface area (Å²) < 4.78 is 39.4. The molecule has 0 aliphatic carbocycles. The van der Waals surface area contributed by atoms with E-state index in [-0.39, 0.29) is 5.69 Å². The lowest BCUT2D eigenvalue weighted by molar-refractivity contribution is -0.137. The number of rotatable bonds is 3. The number of thiophene rings is 1. The molecular weight excluding hydrogens is 351 g/mol. The Balaban J connectivity index is 2.23. The number of halogens is 4. The van der Waals surface area contributed by atoms with Crippen LogP contribution in [-0.2, 0) is 12.7 Å². The van der Waals surface area contributed by atoms with Crippen molar-refractivity contribution in [1.29, 1.82) is 0 Å². The van der Waals surface area contributed by atoms with Crippen LogP contribution in [0.15, 0.2) is 28.7 Å². The zero-order chi connectivity index (χ0) is 14.9. The molecule has 0 bridgehead atoms. The highest BCUT2D eigenvalue weighted by atomic mass is 79.9. The minimum Gasteiger partial charge on any atom is -0.380 e. The number of nitrogens with one attached hydrogen (secondary N) is 1. The van der Waals surface area contributed by atoms with E-state index in [2.05, 4.69) is 21.2 Å². The van der Waals surface area contributed by atoms with Crippen molar-refractivity contribution in [3.63, 3.8) is 0 Å². The first kappa shape index (κ1) is 15.4. The van der Waals surface area contributed by atoms with Gasteiger partial charge in [-0.1, -0.05) is 15.9 Å². The molecule has 108 valence electrons. The predicted molar refractivity (Wildman–Crippen MR) is 80.3 cm³/mol. The molecule has 0 spiro atoms. The molecule has 0 aliphatic heterocycles. The topological polar surface area (TPSA) is 12.0 Å². The van der Waals surface area contributed by atoms with Crippen LogP contribution in [0.2, 0.25) is 0 Å². The molecule has 6 heteroatoms. The van der Waals surface area contributed by atoms with Crippen LogP contribution in [0.5, 0.6) is 0 Å². The molecule has 0 saturated carbocycles. The zero-order valence-corrected chi connectivity index (χ0v) is 13.3. The van der Waals surface area contributed by atoms with Crippen molar-refractivity contribution < 1.29 is 13.2 Å². The maximum absolute atomic E-state index is 13.0. The van der Waals surface area contributed by atoms with Gasteiger partial charge in [0.2, 0.25) is 0 Å². The van der Waals surface area contributed by atoms with Gasteiger partial charge in [-0.25, -0.2) is 0 Å². The molecule has 0 amide bonds. The molecule has 1 aromatic heterocycles. The van der Waals surface area contributed by atoms with Gasteiger partial charge < -0.3 is 5.32 Å². The molecule has 0 saturated heterocycles. The Labute approximate surface area is 128 Å². The summed E-state index contributed by atoms with van der Waals surface area (Å²) in [5.74, 6) is 0. The molecule has 1 aromatic carbocycles. The second-order valence-corrected chi connectivity index (χ2v) is 6.86. The maximum Gasteiger partial charge on any atom is 0.418 e. The summed E-state index contributed by atoms with van der Waals surface area (Å²) in [7, 11) is 0. The van der Waals surface area contributed by atoms with Crippen LogP contribution < -0.4 is 5.32 Å². The van der Waals surface area contributed by atoms with Gasteiger partial charge in [-0.3, -0.25) is 0 Å². The molecule has 0 unspecified atom stereocenters. The normalized spacial score (nSPS) is 11.7. The van der Waals surface area contributed by atoms with Gasteiger partial charge in [0.1, 0.15) is 0 Å². The first-order chi connectivity index (χ1) is 9.27. The third kappa shape index (κ3) is 3.55. The lowest BCUT2D eigenvalue weighted by Crippen LogP contribution is -2.11. The van der Waals surface area contributed by atoms with Crippen LogP contribution in [0, 0.1) is 13.8 Å². The maximum atomic E-state index is 13.0. The molecule has 20 heavy (non-hydrogen) atoms. The zero-order valence-electron chi connectivity index (χ0n) is 10.9. The predicted octanol–water partition coefficient (Wildman–Crippen LogP) is 5.76. The minimum absolute atomic E-state index is 0.101. The summed E-state index contributed by atoms with van der Waals surface area (Å²) in [6, 6.07) is 6.14. The molecule has 1 N–H and O–H groups in total. The molecule has 2 aromatic rings. The Kier molecular flexibility index (Phi) is 4.44. The summed E-state index contributed by atoms with van der Waals surface area (Å²) in [6.07, 6.45) is -4.37. The Morgan fingerprint density at radius 1 is 1.20 bits per heavy atom. The van der Waals surface area contributed by atoms with E-state index in [4.69, 9.17) is 0 Å². The van der Waals surface area contributed by atoms with Crippen LogP contribution in [-0.4, -0.2) is 0 Å². The van der Waals surface area contributed by atoms with E-state index in [0.29, 0.717) is 11.0 Å². The fraction of sp³-hybridized carbons (Fsp3) is 0.286. The van der Waals surface area contributed by atoms with Crippen LogP contribution in [0.4, 0.5) is 18.9 Å². The fourth-order valence-electron chi connectivity index (χ4n) is 1.95. The number of benzene rings is 1. The molecular formula is C14H13BrF3NS. The van der Waals surface area contributed by atoms with Crippen molar-refractivity contribution in [1.82, 2.24) is 0 Å². The van der Waals surface area contributed by atoms with Crippen LogP contribution in [0.25, 0.3) is 0 Å². The SMILES string of the molecule is Cc1cc(CNc2ccc(Br)cc2C(F)(F)F)c(C)s1. The summed E-state index contributed by atoms with van der Waals surface area (Å²) in [6.45, 7) is 4.35. The second kappa shape index (κ2) is 5.77. The second-order valence-electron chi connectivity index (χ2n) is 4.48. The van der Waals surface area contributed by atoms with Gasteiger partial charge in [-0.2, -0.15) is 13.2 Å². The Bertz CT molecular complexity index is 619. The van der Waals surface area contributed by atoms with E-state index in [0.717, 1.165) is 21.4 Å². The lowest BCUT2D eigenvalue weighted by Gasteiger charge is -2.15. The standard InChI is InChI=1S/C14H13BrF3NS/c1-8-5-10(9(2)20-8)7-19-13-4-3-11(15)6-12(13)14(16,17)18/h3-6,19H,7H2,1-2H3. The van der Waals surface area contributed by atoms with E-state index >= 15 is 0 Å². The Morgan fingerprint density at radius 3 is 2.45 bits per heavy atom. The van der Waals surface area contributed by atoms with Gasteiger partial charge in [-0.05, 0) is 43.7 Å². The summed E-state index contributed by atoms with van der Waals surface area (Å²) >= 11 is 4.72. The number of anilines is 1. The number of alkyl halides is 3. The van der Waals surface area contributed by atoms with E-state index < -0.39 is 11.7 Å². The lowest BCUT2D eigenvalue weighted by atomic mass is 10.1. The molecule has 0 aliphatic rings. The fourth-order valence-corrected chi connectivity index (χ4v) is 3.26. The quantitative estimate of drug-likeness (QED) is 0.730. The molecule has 1 heterocycles. The van der Waals surface area contributed by atoms with Gasteiger partial charge >= 0.3 is 6.18 Å². The first-order valence-corrected chi connectivity index (χ1v) is 7.55. The molecule has 0 atom stereocenters. The van der Waals surface area contributed by atoms with Gasteiger partial charge in [0.15, 0.2) is 0 Å². The van der Waals surface area contributed by atoms with Crippen LogP contribution in [0.1, 0.15) is 20.9 Å². The van der Waals surface area contributed by atoms with Crippen molar-refractivity contribution >= 4 is 33.0 Å². The van der Waals surface area contributed by atoms with Crippen LogP contribution in [0.3, 0.4) is 0 Å². The summed E-state index contributed by atoms with van der Waals surface area (Å²) in [4.78, 5) is 2.28. The third-order valence-electron chi connectivity index (χ3n) is 2.90. The highest BCUT2D eigenvalue weighted by molar-refractivity contribution is 9.10. The Hall–Kier alpha value is -1.01. The molecule has 0 radical (unpaired) electrons. The van der Waals surface area contributed by atoms with Crippen molar-refractivity contribution in [2.45, 2.75) is 26.6 Å². The van der Waals surface area contributed by atoms with Crippen molar-refractivity contribution in [2.75, 3.05) is 5.32 Å². The number of aryl methyl sites for hydroxylation is 2.